The summed E-state index contributed by atoms with van der Waals surface area (Å²) in [6.07, 6.45) is 1.18. The fraction of sp³-hybridized carbons (Fsp3) is 0.250. The Morgan fingerprint density at radius 2 is 1.62 bits per heavy atom. The lowest BCUT2D eigenvalue weighted by atomic mass is 10.4. The molecule has 0 radical (unpaired) electrons. The van der Waals surface area contributed by atoms with Gasteiger partial charge < -0.3 is 4.74 Å². The Labute approximate surface area is 96.8 Å². The van der Waals surface area contributed by atoms with Gasteiger partial charge in [-0.25, -0.2) is 4.79 Å². The van der Waals surface area contributed by atoms with Crippen LogP contribution in [0.1, 0.15) is 13.8 Å². The van der Waals surface area contributed by atoms with E-state index >= 15 is 0 Å². The van der Waals surface area contributed by atoms with Crippen molar-refractivity contribution in [3.8, 4) is 12.1 Å². The molecule has 0 aliphatic rings. The molecular formula is C12H16N2O2. The third-order valence-corrected chi connectivity index (χ3v) is 0.816. The Balaban J connectivity index is -0.000000166. The second-order valence-corrected chi connectivity index (χ2v) is 2.50. The van der Waals surface area contributed by atoms with Crippen molar-refractivity contribution in [3.63, 3.8) is 0 Å². The zero-order valence-electron chi connectivity index (χ0n) is 9.91. The molecule has 0 spiro atoms. The van der Waals surface area contributed by atoms with Crippen molar-refractivity contribution >= 4 is 5.97 Å². The minimum Gasteiger partial charge on any atom is -0.466 e. The maximum absolute atomic E-state index is 10.2. The summed E-state index contributed by atoms with van der Waals surface area (Å²) in [5, 5.41) is 15.3. The van der Waals surface area contributed by atoms with E-state index in [1.807, 2.05) is 6.07 Å². The van der Waals surface area contributed by atoms with Crippen LogP contribution in [0.3, 0.4) is 0 Å². The molecule has 0 fully saturated rings. The number of hydrogen-bond donors (Lipinski definition) is 0. The number of esters is 1. The van der Waals surface area contributed by atoms with Crippen LogP contribution in [0.5, 0.6) is 0 Å². The molecule has 0 saturated heterocycles. The van der Waals surface area contributed by atoms with E-state index in [0.717, 1.165) is 0 Å². The molecule has 0 amide bonds. The molecule has 0 saturated carbocycles. The summed E-state index contributed by atoms with van der Waals surface area (Å²) in [6, 6.07) is 3.53. The predicted molar refractivity (Wildman–Crippen MR) is 63.1 cm³/mol. The average molecular weight is 220 g/mol. The van der Waals surface area contributed by atoms with Crippen molar-refractivity contribution in [2.45, 2.75) is 13.8 Å². The molecule has 0 N–H and O–H groups in total. The number of rotatable bonds is 1. The van der Waals surface area contributed by atoms with Gasteiger partial charge in [0, 0.05) is 17.2 Å². The summed E-state index contributed by atoms with van der Waals surface area (Å²) in [5.74, 6) is -0.347. The second-order valence-electron chi connectivity index (χ2n) is 2.50. The fourth-order valence-corrected chi connectivity index (χ4v) is 0.174. The lowest BCUT2D eigenvalue weighted by molar-refractivity contribution is -0.136. The minimum absolute atomic E-state index is 0.347. The zero-order valence-corrected chi connectivity index (χ0v) is 9.91. The zero-order chi connectivity index (χ0) is 13.6. The van der Waals surface area contributed by atoms with E-state index in [4.69, 9.17) is 10.5 Å². The smallest absolute Gasteiger partial charge is 0.332 e. The van der Waals surface area contributed by atoms with Crippen LogP contribution < -0.4 is 0 Å². The average Bonchev–Trinajstić information content (AvgIpc) is 2.28. The molecule has 4 nitrogen and oxygen atoms in total. The van der Waals surface area contributed by atoms with Crippen LogP contribution in [0.2, 0.25) is 0 Å². The molecule has 0 atom stereocenters. The van der Waals surface area contributed by atoms with Gasteiger partial charge in [0.25, 0.3) is 0 Å². The third-order valence-electron chi connectivity index (χ3n) is 0.816. The highest BCUT2D eigenvalue weighted by Gasteiger charge is 1.95. The lowest BCUT2D eigenvalue weighted by Gasteiger charge is -1.91. The van der Waals surface area contributed by atoms with Gasteiger partial charge in [-0.2, -0.15) is 10.5 Å². The SMILES string of the molecule is C=C(C)C#N.C=C(C)C(=O)OC.C=CC#N. The first-order chi connectivity index (χ1) is 7.37. The van der Waals surface area contributed by atoms with E-state index in [1.54, 1.807) is 19.9 Å². The summed E-state index contributed by atoms with van der Waals surface area (Å²) in [6.45, 7) is 13.1. The molecular weight excluding hydrogens is 204 g/mol. The monoisotopic (exact) mass is 220 g/mol. The van der Waals surface area contributed by atoms with Crippen LogP contribution in [0.4, 0.5) is 0 Å². The maximum atomic E-state index is 10.2. The largest absolute Gasteiger partial charge is 0.466 e. The summed E-state index contributed by atoms with van der Waals surface area (Å²) in [4.78, 5) is 10.2. The third kappa shape index (κ3) is 29.9. The highest BCUT2D eigenvalue weighted by molar-refractivity contribution is 5.86. The van der Waals surface area contributed by atoms with Gasteiger partial charge >= 0.3 is 5.97 Å². The lowest BCUT2D eigenvalue weighted by Crippen LogP contribution is -1.98. The topological polar surface area (TPSA) is 73.9 Å². The highest BCUT2D eigenvalue weighted by atomic mass is 16.5. The number of allylic oxidation sites excluding steroid dienone is 2. The fourth-order valence-electron chi connectivity index (χ4n) is 0.174. The van der Waals surface area contributed by atoms with Gasteiger partial charge in [0.15, 0.2) is 0 Å². The molecule has 86 valence electrons. The van der Waals surface area contributed by atoms with E-state index in [-0.39, 0.29) is 5.97 Å². The number of ether oxygens (including phenoxy) is 1. The molecule has 0 aromatic carbocycles. The molecule has 0 heterocycles. The summed E-state index contributed by atoms with van der Waals surface area (Å²) >= 11 is 0. The quantitative estimate of drug-likeness (QED) is 0.386. The van der Waals surface area contributed by atoms with Crippen LogP contribution >= 0.6 is 0 Å². The normalized spacial score (nSPS) is 6.06. The molecule has 4 heteroatoms. The maximum Gasteiger partial charge on any atom is 0.332 e. The molecule has 0 rings (SSSR count). The highest BCUT2D eigenvalue weighted by Crippen LogP contribution is 1.87. The van der Waals surface area contributed by atoms with Gasteiger partial charge in [0.05, 0.1) is 19.2 Å². The number of carbonyl (C=O) groups is 1. The molecule has 0 aromatic heterocycles. The Hall–Kier alpha value is -2.33. The van der Waals surface area contributed by atoms with Gasteiger partial charge in [-0.1, -0.05) is 19.7 Å². The van der Waals surface area contributed by atoms with Gasteiger partial charge in [-0.15, -0.1) is 0 Å². The van der Waals surface area contributed by atoms with Gasteiger partial charge in [-0.3, -0.25) is 0 Å². The van der Waals surface area contributed by atoms with E-state index in [0.29, 0.717) is 11.1 Å². The summed E-state index contributed by atoms with van der Waals surface area (Å²) in [5.41, 5.74) is 0.993. The molecule has 0 bridgehead atoms. The van der Waals surface area contributed by atoms with E-state index in [9.17, 15) is 4.79 Å². The number of methoxy groups -OCH3 is 1. The first-order valence-corrected chi connectivity index (χ1v) is 4.17. The first-order valence-electron chi connectivity index (χ1n) is 4.17. The minimum atomic E-state index is -0.347. The molecule has 0 unspecified atom stereocenters. The first kappa shape index (κ1) is 19.3. The van der Waals surface area contributed by atoms with Crippen LogP contribution in [0.25, 0.3) is 0 Å². The molecule has 0 aliphatic heterocycles. The Morgan fingerprint density at radius 1 is 1.31 bits per heavy atom. The van der Waals surface area contributed by atoms with Gasteiger partial charge in [-0.05, 0) is 13.8 Å². The van der Waals surface area contributed by atoms with Crippen LogP contribution in [-0.2, 0) is 9.53 Å². The molecule has 0 aliphatic carbocycles. The van der Waals surface area contributed by atoms with Crippen molar-refractivity contribution in [2.75, 3.05) is 7.11 Å². The van der Waals surface area contributed by atoms with Crippen molar-refractivity contribution < 1.29 is 9.53 Å². The number of hydrogen-bond acceptors (Lipinski definition) is 4. The van der Waals surface area contributed by atoms with Crippen molar-refractivity contribution in [1.82, 2.24) is 0 Å². The van der Waals surface area contributed by atoms with Crippen molar-refractivity contribution in [3.05, 3.63) is 37.0 Å². The van der Waals surface area contributed by atoms with Crippen molar-refractivity contribution in [1.29, 1.82) is 10.5 Å². The van der Waals surface area contributed by atoms with Crippen molar-refractivity contribution in [2.24, 2.45) is 0 Å². The van der Waals surface area contributed by atoms with Gasteiger partial charge in [0.2, 0.25) is 0 Å². The van der Waals surface area contributed by atoms with Crippen LogP contribution in [0, 0.1) is 22.7 Å². The number of nitrogens with zero attached hydrogens (tertiary/aromatic N) is 2. The van der Waals surface area contributed by atoms with Gasteiger partial charge in [0.1, 0.15) is 0 Å². The Bertz CT molecular complexity index is 330. The van der Waals surface area contributed by atoms with Crippen LogP contribution in [-0.4, -0.2) is 13.1 Å². The number of nitriles is 2. The van der Waals surface area contributed by atoms with E-state index in [1.165, 1.54) is 13.2 Å². The predicted octanol–water partition coefficient (Wildman–Crippen LogP) is 2.52. The summed E-state index contributed by atoms with van der Waals surface area (Å²) in [7, 11) is 1.33. The molecule has 16 heavy (non-hydrogen) atoms. The second kappa shape index (κ2) is 15.2. The van der Waals surface area contributed by atoms with E-state index in [2.05, 4.69) is 24.5 Å². The summed E-state index contributed by atoms with van der Waals surface area (Å²) < 4.78 is 4.27. The Kier molecular flexibility index (Phi) is 18.3. The molecule has 0 aromatic rings. The van der Waals surface area contributed by atoms with Crippen LogP contribution in [0.15, 0.2) is 37.0 Å². The van der Waals surface area contributed by atoms with E-state index < -0.39 is 0 Å². The number of carbonyl (C=O) groups excluding carboxylic acids is 1. The standard InChI is InChI=1S/C5H8O2.C4H5N.C3H3N/c1-4(2)5(6)7-3;1-4(2)3-5;1-2-3-4/h1H2,2-3H3;1H2,2H3;2H,1H2. The Morgan fingerprint density at radius 3 is 1.62 bits per heavy atom.